The van der Waals surface area contributed by atoms with E-state index in [2.05, 4.69) is 13.8 Å². The fourth-order valence-corrected chi connectivity index (χ4v) is 4.12. The van der Waals surface area contributed by atoms with Gasteiger partial charge in [0.15, 0.2) is 0 Å². The number of fused-ring (bicyclic) bond motifs is 1. The van der Waals surface area contributed by atoms with Crippen LogP contribution in [0.2, 0.25) is 10.0 Å². The summed E-state index contributed by atoms with van der Waals surface area (Å²) in [6.07, 6.45) is 1.98. The van der Waals surface area contributed by atoms with Crippen molar-refractivity contribution in [2.75, 3.05) is 0 Å². The Morgan fingerprint density at radius 2 is 2.05 bits per heavy atom. The standard InChI is InChI=1S/C15H16Cl2N2S/c1-15(2)6-11(18)13-12(7-15)19-14(20-13)8-3-4-9(16)10(17)5-8/h3-5,11H,6-7,18H2,1-2H3. The van der Waals surface area contributed by atoms with Crippen molar-refractivity contribution in [3.05, 3.63) is 38.8 Å². The monoisotopic (exact) mass is 326 g/mol. The molecule has 1 aromatic carbocycles. The first-order valence-electron chi connectivity index (χ1n) is 6.56. The topological polar surface area (TPSA) is 38.9 Å². The molecular formula is C15H16Cl2N2S. The van der Waals surface area contributed by atoms with Crippen LogP contribution in [0.25, 0.3) is 10.6 Å². The van der Waals surface area contributed by atoms with Gasteiger partial charge in [-0.2, -0.15) is 0 Å². The summed E-state index contributed by atoms with van der Waals surface area (Å²) in [5.74, 6) is 0. The first-order chi connectivity index (χ1) is 9.35. The van der Waals surface area contributed by atoms with Gasteiger partial charge in [0, 0.05) is 16.5 Å². The highest BCUT2D eigenvalue weighted by atomic mass is 35.5. The summed E-state index contributed by atoms with van der Waals surface area (Å²) >= 11 is 13.7. The SMILES string of the molecule is CC1(C)Cc2nc(-c3ccc(Cl)c(Cl)c3)sc2C(N)C1. The third kappa shape index (κ3) is 2.60. The second-order valence-corrected chi connectivity index (χ2v) is 7.96. The minimum absolute atomic E-state index is 0.0859. The first-order valence-corrected chi connectivity index (χ1v) is 8.13. The molecule has 0 fully saturated rings. The molecule has 0 radical (unpaired) electrons. The van der Waals surface area contributed by atoms with Gasteiger partial charge in [-0.15, -0.1) is 11.3 Å². The number of thiazole rings is 1. The van der Waals surface area contributed by atoms with Crippen LogP contribution in [0.5, 0.6) is 0 Å². The van der Waals surface area contributed by atoms with Gasteiger partial charge in [-0.3, -0.25) is 0 Å². The smallest absolute Gasteiger partial charge is 0.123 e. The minimum atomic E-state index is 0.0859. The molecule has 0 bridgehead atoms. The molecule has 0 aliphatic heterocycles. The van der Waals surface area contributed by atoms with E-state index in [9.17, 15) is 0 Å². The van der Waals surface area contributed by atoms with E-state index >= 15 is 0 Å². The van der Waals surface area contributed by atoms with Gasteiger partial charge in [0.25, 0.3) is 0 Å². The zero-order valence-electron chi connectivity index (χ0n) is 11.4. The number of nitrogens with zero attached hydrogens (tertiary/aromatic N) is 1. The number of benzene rings is 1. The predicted octanol–water partition coefficient (Wildman–Crippen LogP) is 5.09. The largest absolute Gasteiger partial charge is 0.323 e. The summed E-state index contributed by atoms with van der Waals surface area (Å²) in [5.41, 5.74) is 8.65. The number of aromatic nitrogens is 1. The molecule has 5 heteroatoms. The fourth-order valence-electron chi connectivity index (χ4n) is 2.75. The summed E-state index contributed by atoms with van der Waals surface area (Å²) in [6, 6.07) is 5.71. The Bertz CT molecular complexity index is 664. The highest BCUT2D eigenvalue weighted by molar-refractivity contribution is 7.15. The van der Waals surface area contributed by atoms with E-state index in [1.807, 2.05) is 18.2 Å². The first kappa shape index (κ1) is 14.3. The third-order valence-electron chi connectivity index (χ3n) is 3.65. The van der Waals surface area contributed by atoms with E-state index in [-0.39, 0.29) is 11.5 Å². The molecule has 0 spiro atoms. The molecule has 1 aromatic heterocycles. The highest BCUT2D eigenvalue weighted by Crippen LogP contribution is 2.44. The molecular weight excluding hydrogens is 311 g/mol. The van der Waals surface area contributed by atoms with Crippen molar-refractivity contribution >= 4 is 34.5 Å². The Hall–Kier alpha value is -0.610. The van der Waals surface area contributed by atoms with Gasteiger partial charge in [0.05, 0.1) is 15.7 Å². The molecule has 2 nitrogen and oxygen atoms in total. The van der Waals surface area contributed by atoms with Crippen LogP contribution in [0.1, 0.15) is 36.9 Å². The van der Waals surface area contributed by atoms with Crippen LogP contribution >= 0.6 is 34.5 Å². The summed E-state index contributed by atoms with van der Waals surface area (Å²) in [6.45, 7) is 4.49. The fraction of sp³-hybridized carbons (Fsp3) is 0.400. The summed E-state index contributed by atoms with van der Waals surface area (Å²) < 4.78 is 0. The second-order valence-electron chi connectivity index (χ2n) is 6.11. The van der Waals surface area contributed by atoms with Gasteiger partial charge in [-0.05, 0) is 30.4 Å². The van der Waals surface area contributed by atoms with Gasteiger partial charge in [-0.1, -0.05) is 43.1 Å². The Morgan fingerprint density at radius 3 is 2.75 bits per heavy atom. The van der Waals surface area contributed by atoms with Crippen molar-refractivity contribution in [3.63, 3.8) is 0 Å². The van der Waals surface area contributed by atoms with Gasteiger partial charge < -0.3 is 5.73 Å². The zero-order valence-corrected chi connectivity index (χ0v) is 13.7. The second kappa shape index (κ2) is 4.99. The third-order valence-corrected chi connectivity index (χ3v) is 5.67. The molecule has 106 valence electrons. The summed E-state index contributed by atoms with van der Waals surface area (Å²) in [7, 11) is 0. The number of hydrogen-bond donors (Lipinski definition) is 1. The van der Waals surface area contributed by atoms with Crippen LogP contribution < -0.4 is 5.73 Å². The Balaban J connectivity index is 2.03. The zero-order chi connectivity index (χ0) is 14.5. The molecule has 20 heavy (non-hydrogen) atoms. The van der Waals surface area contributed by atoms with Gasteiger partial charge in [0.2, 0.25) is 0 Å². The molecule has 1 atom stereocenters. The van der Waals surface area contributed by atoms with Crippen LogP contribution in [0.3, 0.4) is 0 Å². The van der Waals surface area contributed by atoms with E-state index in [0.29, 0.717) is 10.0 Å². The van der Waals surface area contributed by atoms with Crippen molar-refractivity contribution in [1.82, 2.24) is 4.98 Å². The number of hydrogen-bond acceptors (Lipinski definition) is 3. The summed E-state index contributed by atoms with van der Waals surface area (Å²) in [5, 5.41) is 2.10. The number of rotatable bonds is 1. The average Bonchev–Trinajstić information content (AvgIpc) is 2.75. The van der Waals surface area contributed by atoms with E-state index in [1.165, 1.54) is 4.88 Å². The molecule has 0 saturated carbocycles. The van der Waals surface area contributed by atoms with Crippen LogP contribution in [-0.4, -0.2) is 4.98 Å². The van der Waals surface area contributed by atoms with Gasteiger partial charge in [-0.25, -0.2) is 4.98 Å². The van der Waals surface area contributed by atoms with Crippen molar-refractivity contribution in [2.45, 2.75) is 32.7 Å². The Morgan fingerprint density at radius 1 is 1.30 bits per heavy atom. The molecule has 0 amide bonds. The van der Waals surface area contributed by atoms with Crippen molar-refractivity contribution in [2.24, 2.45) is 11.1 Å². The van der Waals surface area contributed by atoms with E-state index in [1.54, 1.807) is 11.3 Å². The lowest BCUT2D eigenvalue weighted by Gasteiger charge is -2.32. The van der Waals surface area contributed by atoms with E-state index in [4.69, 9.17) is 33.9 Å². The maximum Gasteiger partial charge on any atom is 0.123 e. The van der Waals surface area contributed by atoms with Crippen LogP contribution in [0.4, 0.5) is 0 Å². The van der Waals surface area contributed by atoms with Crippen molar-refractivity contribution < 1.29 is 0 Å². The molecule has 1 heterocycles. The van der Waals surface area contributed by atoms with Gasteiger partial charge >= 0.3 is 0 Å². The Kier molecular flexibility index (Phi) is 3.57. The lowest BCUT2D eigenvalue weighted by atomic mass is 9.77. The number of nitrogens with two attached hydrogens (primary N) is 1. The van der Waals surface area contributed by atoms with Crippen LogP contribution in [0.15, 0.2) is 18.2 Å². The number of halogens is 2. The highest BCUT2D eigenvalue weighted by Gasteiger charge is 2.33. The van der Waals surface area contributed by atoms with Crippen LogP contribution in [0, 0.1) is 5.41 Å². The molecule has 2 aromatic rings. The summed E-state index contributed by atoms with van der Waals surface area (Å²) in [4.78, 5) is 5.99. The molecule has 3 rings (SSSR count). The van der Waals surface area contributed by atoms with Gasteiger partial charge in [0.1, 0.15) is 5.01 Å². The van der Waals surface area contributed by atoms with Crippen LogP contribution in [-0.2, 0) is 6.42 Å². The quantitative estimate of drug-likeness (QED) is 0.792. The lowest BCUT2D eigenvalue weighted by Crippen LogP contribution is -2.28. The van der Waals surface area contributed by atoms with Crippen molar-refractivity contribution in [1.29, 1.82) is 0 Å². The molecule has 2 N–H and O–H groups in total. The molecule has 1 unspecified atom stereocenters. The average molecular weight is 327 g/mol. The molecule has 1 aliphatic carbocycles. The van der Waals surface area contributed by atoms with E-state index in [0.717, 1.165) is 29.1 Å². The maximum atomic E-state index is 6.29. The van der Waals surface area contributed by atoms with E-state index < -0.39 is 0 Å². The minimum Gasteiger partial charge on any atom is -0.323 e. The Labute approximate surface area is 132 Å². The van der Waals surface area contributed by atoms with Crippen molar-refractivity contribution in [3.8, 4) is 10.6 Å². The normalized spacial score (nSPS) is 20.8. The predicted molar refractivity (Wildman–Crippen MR) is 86.6 cm³/mol. The molecule has 1 aliphatic rings. The lowest BCUT2D eigenvalue weighted by molar-refractivity contribution is 0.282. The maximum absolute atomic E-state index is 6.29. The molecule has 0 saturated heterocycles.